The SMILES string of the molecule is COc1cc2c[n+](CCc3ccc(Cl)cc3)ccc2cc1O.[Cl-]. The Labute approximate surface area is 146 Å². The molecule has 0 amide bonds. The van der Waals surface area contributed by atoms with Crippen LogP contribution in [0, 0.1) is 0 Å². The van der Waals surface area contributed by atoms with Gasteiger partial charge >= 0.3 is 0 Å². The average Bonchev–Trinajstić information content (AvgIpc) is 2.53. The molecule has 0 spiro atoms. The van der Waals surface area contributed by atoms with E-state index in [1.165, 1.54) is 5.56 Å². The predicted octanol–water partition coefficient (Wildman–Crippen LogP) is 0.742. The topological polar surface area (TPSA) is 33.3 Å². The fourth-order valence-corrected chi connectivity index (χ4v) is 2.59. The molecule has 0 atom stereocenters. The maximum atomic E-state index is 9.81. The van der Waals surface area contributed by atoms with E-state index in [0.717, 1.165) is 28.8 Å². The third-order valence-corrected chi connectivity index (χ3v) is 3.96. The van der Waals surface area contributed by atoms with E-state index < -0.39 is 0 Å². The second-order valence-electron chi connectivity index (χ2n) is 5.21. The number of aromatic hydroxyl groups is 1. The van der Waals surface area contributed by atoms with E-state index in [2.05, 4.69) is 10.8 Å². The number of aryl methyl sites for hydroxylation is 2. The first-order chi connectivity index (χ1) is 10.7. The van der Waals surface area contributed by atoms with Crippen molar-refractivity contribution in [3.8, 4) is 11.5 Å². The standard InChI is InChI=1S/C18H16ClNO2.ClH/c1-22-18-11-15-12-20(9-7-14(15)10-17(18)21)8-6-13-2-4-16(19)5-3-13;/h2-5,7,9-12H,6,8H2,1H3;1H. The average molecular weight is 350 g/mol. The van der Waals surface area contributed by atoms with Crippen LogP contribution < -0.4 is 21.7 Å². The largest absolute Gasteiger partial charge is 1.00 e. The van der Waals surface area contributed by atoms with E-state index in [1.807, 2.05) is 42.6 Å². The zero-order valence-electron chi connectivity index (χ0n) is 12.7. The number of halogens is 2. The second-order valence-corrected chi connectivity index (χ2v) is 5.65. The van der Waals surface area contributed by atoms with E-state index in [4.69, 9.17) is 16.3 Å². The fourth-order valence-electron chi connectivity index (χ4n) is 2.47. The lowest BCUT2D eigenvalue weighted by Crippen LogP contribution is -3.00. The summed E-state index contributed by atoms with van der Waals surface area (Å²) in [6.45, 7) is 0.876. The Morgan fingerprint density at radius 1 is 1.09 bits per heavy atom. The number of benzene rings is 2. The van der Waals surface area contributed by atoms with Gasteiger partial charge in [-0.3, -0.25) is 0 Å². The molecule has 1 heterocycles. The molecular weight excluding hydrogens is 333 g/mol. The minimum atomic E-state index is 0. The summed E-state index contributed by atoms with van der Waals surface area (Å²) in [5, 5.41) is 12.6. The molecule has 1 aromatic heterocycles. The summed E-state index contributed by atoms with van der Waals surface area (Å²) >= 11 is 5.90. The summed E-state index contributed by atoms with van der Waals surface area (Å²) in [6, 6.07) is 13.5. The predicted molar refractivity (Wildman–Crippen MR) is 87.5 cm³/mol. The first kappa shape index (κ1) is 17.4. The monoisotopic (exact) mass is 349 g/mol. The molecule has 0 bridgehead atoms. The molecule has 0 radical (unpaired) electrons. The Morgan fingerprint density at radius 3 is 2.52 bits per heavy atom. The number of fused-ring (bicyclic) bond motifs is 1. The van der Waals surface area contributed by atoms with Crippen LogP contribution >= 0.6 is 11.6 Å². The van der Waals surface area contributed by atoms with E-state index in [9.17, 15) is 5.11 Å². The number of methoxy groups -OCH3 is 1. The Morgan fingerprint density at radius 2 is 1.83 bits per heavy atom. The molecule has 0 aliphatic rings. The smallest absolute Gasteiger partial charge is 0.176 e. The number of phenolic OH excluding ortho intramolecular Hbond substituents is 1. The summed E-state index contributed by atoms with van der Waals surface area (Å²) in [5.74, 6) is 0.650. The van der Waals surface area contributed by atoms with Gasteiger partial charge in [-0.05, 0) is 35.2 Å². The lowest BCUT2D eigenvalue weighted by atomic mass is 10.1. The number of hydrogen-bond donors (Lipinski definition) is 1. The highest BCUT2D eigenvalue weighted by Crippen LogP contribution is 2.30. The third-order valence-electron chi connectivity index (χ3n) is 3.71. The number of ether oxygens (including phenoxy) is 1. The van der Waals surface area contributed by atoms with Crippen LogP contribution in [0.5, 0.6) is 11.5 Å². The van der Waals surface area contributed by atoms with Crippen LogP contribution in [0.25, 0.3) is 10.8 Å². The van der Waals surface area contributed by atoms with Gasteiger partial charge in [0.1, 0.15) is 0 Å². The number of phenols is 1. The van der Waals surface area contributed by atoms with E-state index in [1.54, 1.807) is 13.2 Å². The van der Waals surface area contributed by atoms with Gasteiger partial charge in [-0.1, -0.05) is 23.7 Å². The maximum Gasteiger partial charge on any atom is 0.176 e. The van der Waals surface area contributed by atoms with Crippen molar-refractivity contribution in [2.75, 3.05) is 7.11 Å². The highest BCUT2D eigenvalue weighted by Gasteiger charge is 2.08. The van der Waals surface area contributed by atoms with Gasteiger partial charge in [-0.15, -0.1) is 0 Å². The van der Waals surface area contributed by atoms with Gasteiger partial charge in [0.2, 0.25) is 0 Å². The fraction of sp³-hybridized carbons (Fsp3) is 0.167. The van der Waals surface area contributed by atoms with Crippen molar-refractivity contribution < 1.29 is 26.8 Å². The molecule has 0 fully saturated rings. The van der Waals surface area contributed by atoms with Gasteiger partial charge in [-0.2, -0.15) is 0 Å². The summed E-state index contributed by atoms with van der Waals surface area (Å²) < 4.78 is 7.29. The summed E-state index contributed by atoms with van der Waals surface area (Å²) in [4.78, 5) is 0. The lowest BCUT2D eigenvalue weighted by molar-refractivity contribution is -0.695. The molecule has 23 heavy (non-hydrogen) atoms. The van der Waals surface area contributed by atoms with Gasteiger partial charge in [0.25, 0.3) is 0 Å². The molecule has 0 saturated heterocycles. The lowest BCUT2D eigenvalue weighted by Gasteiger charge is -2.05. The van der Waals surface area contributed by atoms with E-state index in [-0.39, 0.29) is 18.2 Å². The minimum Gasteiger partial charge on any atom is -1.00 e. The van der Waals surface area contributed by atoms with Crippen LogP contribution in [-0.2, 0) is 13.0 Å². The number of rotatable bonds is 4. The van der Waals surface area contributed by atoms with Crippen molar-refractivity contribution in [1.82, 2.24) is 0 Å². The Hall–Kier alpha value is -1.97. The number of aromatic nitrogens is 1. The zero-order chi connectivity index (χ0) is 15.5. The van der Waals surface area contributed by atoms with Gasteiger partial charge < -0.3 is 22.3 Å². The third kappa shape index (κ3) is 4.06. The number of nitrogens with zero attached hydrogens (tertiary/aromatic N) is 1. The van der Waals surface area contributed by atoms with Crippen LogP contribution in [0.4, 0.5) is 0 Å². The first-order valence-electron chi connectivity index (χ1n) is 7.10. The molecular formula is C18H17Cl2NO2. The highest BCUT2D eigenvalue weighted by atomic mass is 35.5. The molecule has 0 unspecified atom stereocenters. The van der Waals surface area contributed by atoms with Crippen molar-refractivity contribution in [1.29, 1.82) is 0 Å². The van der Waals surface area contributed by atoms with Crippen LogP contribution in [-0.4, -0.2) is 12.2 Å². The van der Waals surface area contributed by atoms with Crippen molar-refractivity contribution in [2.45, 2.75) is 13.0 Å². The van der Waals surface area contributed by atoms with Crippen LogP contribution in [0.3, 0.4) is 0 Å². The van der Waals surface area contributed by atoms with Gasteiger partial charge in [0, 0.05) is 22.9 Å². The number of pyridine rings is 1. The van der Waals surface area contributed by atoms with Crippen molar-refractivity contribution in [3.63, 3.8) is 0 Å². The first-order valence-corrected chi connectivity index (χ1v) is 7.48. The normalized spacial score (nSPS) is 10.3. The Kier molecular flexibility index (Phi) is 5.69. The number of hydrogen-bond acceptors (Lipinski definition) is 2. The quantitative estimate of drug-likeness (QED) is 0.705. The Bertz CT molecular complexity index is 804. The van der Waals surface area contributed by atoms with Gasteiger partial charge in [-0.25, -0.2) is 4.57 Å². The van der Waals surface area contributed by atoms with Gasteiger partial charge in [0.05, 0.1) is 7.11 Å². The molecule has 0 aliphatic carbocycles. The molecule has 5 heteroatoms. The Balaban J connectivity index is 0.00000192. The molecule has 3 rings (SSSR count). The van der Waals surface area contributed by atoms with Crippen LogP contribution in [0.15, 0.2) is 54.9 Å². The van der Waals surface area contributed by atoms with Crippen molar-refractivity contribution >= 4 is 22.4 Å². The molecule has 0 saturated carbocycles. The van der Waals surface area contributed by atoms with E-state index in [0.29, 0.717) is 5.75 Å². The molecule has 3 nitrogen and oxygen atoms in total. The minimum absolute atomic E-state index is 0. The molecule has 0 aliphatic heterocycles. The van der Waals surface area contributed by atoms with Crippen LogP contribution in [0.2, 0.25) is 5.02 Å². The second kappa shape index (κ2) is 7.53. The molecule has 3 aromatic rings. The van der Waals surface area contributed by atoms with Gasteiger partial charge in [0.15, 0.2) is 30.4 Å². The summed E-state index contributed by atoms with van der Waals surface area (Å²) in [5.41, 5.74) is 1.25. The highest BCUT2D eigenvalue weighted by molar-refractivity contribution is 6.30. The molecule has 2 aromatic carbocycles. The molecule has 120 valence electrons. The maximum absolute atomic E-state index is 9.81. The zero-order valence-corrected chi connectivity index (χ0v) is 14.2. The van der Waals surface area contributed by atoms with Crippen molar-refractivity contribution in [2.24, 2.45) is 0 Å². The molecule has 1 N–H and O–H groups in total. The van der Waals surface area contributed by atoms with E-state index >= 15 is 0 Å². The summed E-state index contributed by atoms with van der Waals surface area (Å²) in [6.07, 6.45) is 5.01. The van der Waals surface area contributed by atoms with Crippen LogP contribution in [0.1, 0.15) is 5.56 Å². The van der Waals surface area contributed by atoms with Crippen molar-refractivity contribution in [3.05, 3.63) is 65.4 Å². The summed E-state index contributed by atoms with van der Waals surface area (Å²) in [7, 11) is 1.55.